The number of aldehydes is 1. The molecule has 1 fully saturated rings. The first-order chi connectivity index (χ1) is 15.8. The Kier molecular flexibility index (Phi) is 5.96. The van der Waals surface area contributed by atoms with Gasteiger partial charge in [0.15, 0.2) is 0 Å². The highest BCUT2D eigenvalue weighted by atomic mass is 16.5. The van der Waals surface area contributed by atoms with Gasteiger partial charge in [0.05, 0.1) is 24.3 Å². The van der Waals surface area contributed by atoms with Gasteiger partial charge in [-0.1, -0.05) is 0 Å². The van der Waals surface area contributed by atoms with Crippen molar-refractivity contribution >= 4 is 17.2 Å². The van der Waals surface area contributed by atoms with E-state index in [2.05, 4.69) is 26.2 Å². The van der Waals surface area contributed by atoms with Crippen molar-refractivity contribution < 1.29 is 9.53 Å². The van der Waals surface area contributed by atoms with E-state index in [0.29, 0.717) is 6.54 Å². The minimum atomic E-state index is 0.539. The molecule has 32 heavy (non-hydrogen) atoms. The number of carbonyl (C=O) groups excluding carboxylic acids is 1. The fraction of sp³-hybridized carbons (Fsp3) is 0.292. The second-order valence-corrected chi connectivity index (χ2v) is 8.02. The highest BCUT2D eigenvalue weighted by Gasteiger charge is 2.16. The van der Waals surface area contributed by atoms with Gasteiger partial charge in [0.2, 0.25) is 0 Å². The molecule has 0 bridgehead atoms. The van der Waals surface area contributed by atoms with Crippen LogP contribution in [0.1, 0.15) is 0 Å². The molecule has 4 aromatic rings. The maximum absolute atomic E-state index is 10.7. The van der Waals surface area contributed by atoms with Gasteiger partial charge < -0.3 is 9.53 Å². The second-order valence-electron chi connectivity index (χ2n) is 8.02. The highest BCUT2D eigenvalue weighted by molar-refractivity contribution is 5.79. The van der Waals surface area contributed by atoms with E-state index in [1.54, 1.807) is 6.20 Å². The van der Waals surface area contributed by atoms with Crippen LogP contribution in [0.4, 0.5) is 0 Å². The Hall–Kier alpha value is -3.49. The molecule has 0 spiro atoms. The van der Waals surface area contributed by atoms with E-state index in [1.807, 2.05) is 53.2 Å². The van der Waals surface area contributed by atoms with Crippen LogP contribution in [0.15, 0.2) is 60.9 Å². The van der Waals surface area contributed by atoms with Gasteiger partial charge in [-0.2, -0.15) is 10.2 Å². The monoisotopic (exact) mass is 430 g/mol. The molecule has 8 heteroatoms. The molecular weight excluding hydrogens is 404 g/mol. The molecule has 2 aromatic heterocycles. The molecule has 1 N–H and O–H groups in total. The summed E-state index contributed by atoms with van der Waals surface area (Å²) in [5, 5.41) is 12.7. The molecule has 1 aliphatic heterocycles. The van der Waals surface area contributed by atoms with Crippen molar-refractivity contribution in [3.63, 3.8) is 0 Å². The molecule has 0 saturated carbocycles. The Bertz CT molecular complexity index is 1160. The zero-order valence-corrected chi connectivity index (χ0v) is 17.9. The first-order valence-electron chi connectivity index (χ1n) is 10.9. The van der Waals surface area contributed by atoms with Gasteiger partial charge in [-0.3, -0.25) is 19.6 Å². The topological polar surface area (TPSA) is 79.3 Å². The predicted octanol–water partition coefficient (Wildman–Crippen LogP) is 3.04. The Morgan fingerprint density at radius 2 is 1.72 bits per heavy atom. The van der Waals surface area contributed by atoms with Gasteiger partial charge in [0, 0.05) is 50.5 Å². The summed E-state index contributed by atoms with van der Waals surface area (Å²) in [7, 11) is 0. The first kappa shape index (κ1) is 20.4. The van der Waals surface area contributed by atoms with Gasteiger partial charge >= 0.3 is 0 Å². The third-order valence-electron chi connectivity index (χ3n) is 5.87. The molecule has 164 valence electrons. The fourth-order valence-corrected chi connectivity index (χ4v) is 4.03. The summed E-state index contributed by atoms with van der Waals surface area (Å²) in [5.74, 6) is 1.58. The maximum Gasteiger partial charge on any atom is 0.133 e. The molecule has 0 atom stereocenters. The maximum atomic E-state index is 10.7. The van der Waals surface area contributed by atoms with Crippen molar-refractivity contribution in [1.82, 2.24) is 29.8 Å². The van der Waals surface area contributed by atoms with Gasteiger partial charge in [0.25, 0.3) is 0 Å². The first-order valence-corrected chi connectivity index (χ1v) is 10.9. The van der Waals surface area contributed by atoms with Crippen molar-refractivity contribution in [2.45, 2.75) is 6.54 Å². The van der Waals surface area contributed by atoms with E-state index in [1.165, 1.54) is 0 Å². The van der Waals surface area contributed by atoms with Crippen LogP contribution in [0.5, 0.6) is 11.5 Å². The zero-order valence-electron chi connectivity index (χ0n) is 17.9. The average Bonchev–Trinajstić information content (AvgIpc) is 3.49. The molecule has 0 aliphatic carbocycles. The number of aromatic amines is 1. The molecule has 0 amide bonds. The molecule has 1 aliphatic rings. The summed E-state index contributed by atoms with van der Waals surface area (Å²) in [6.45, 7) is 6.21. The third-order valence-corrected chi connectivity index (χ3v) is 5.87. The SMILES string of the molecule is O=CCN1CCN(CCn2cc3cc(Oc4ccc(-c5ccn[nH]5)cc4)ccc3n2)CC1. The van der Waals surface area contributed by atoms with E-state index in [0.717, 1.165) is 79.2 Å². The predicted molar refractivity (Wildman–Crippen MR) is 123 cm³/mol. The molecule has 3 heterocycles. The van der Waals surface area contributed by atoms with Crippen LogP contribution in [0.3, 0.4) is 0 Å². The molecule has 2 aromatic carbocycles. The number of rotatable bonds is 8. The fourth-order valence-electron chi connectivity index (χ4n) is 4.03. The number of hydrogen-bond donors (Lipinski definition) is 1. The second kappa shape index (κ2) is 9.33. The van der Waals surface area contributed by atoms with Crippen molar-refractivity contribution in [2.24, 2.45) is 0 Å². The van der Waals surface area contributed by atoms with Crippen LogP contribution >= 0.6 is 0 Å². The Morgan fingerprint density at radius 1 is 0.938 bits per heavy atom. The van der Waals surface area contributed by atoms with Crippen LogP contribution in [-0.4, -0.2) is 75.3 Å². The largest absolute Gasteiger partial charge is 0.457 e. The van der Waals surface area contributed by atoms with Gasteiger partial charge in [0.1, 0.15) is 17.8 Å². The number of ether oxygens (including phenoxy) is 1. The Labute approximate surface area is 186 Å². The number of fused-ring (bicyclic) bond motifs is 1. The molecule has 0 unspecified atom stereocenters. The van der Waals surface area contributed by atoms with Crippen LogP contribution in [0.25, 0.3) is 22.2 Å². The Balaban J connectivity index is 1.19. The van der Waals surface area contributed by atoms with E-state index < -0.39 is 0 Å². The van der Waals surface area contributed by atoms with Crippen LogP contribution in [-0.2, 0) is 11.3 Å². The summed E-state index contributed by atoms with van der Waals surface area (Å²) in [5.41, 5.74) is 3.01. The van der Waals surface area contributed by atoms with Gasteiger partial charge in [-0.25, -0.2) is 0 Å². The van der Waals surface area contributed by atoms with Gasteiger partial charge in [-0.05, 0) is 54.1 Å². The van der Waals surface area contributed by atoms with Crippen LogP contribution < -0.4 is 4.74 Å². The summed E-state index contributed by atoms with van der Waals surface area (Å²) in [6.07, 6.45) is 4.80. The average molecular weight is 431 g/mol. The number of piperazine rings is 1. The highest BCUT2D eigenvalue weighted by Crippen LogP contribution is 2.27. The number of carbonyl (C=O) groups is 1. The summed E-state index contributed by atoms with van der Waals surface area (Å²) >= 11 is 0. The smallest absolute Gasteiger partial charge is 0.133 e. The number of H-pyrrole nitrogens is 1. The van der Waals surface area contributed by atoms with Crippen molar-refractivity contribution in [2.75, 3.05) is 39.3 Å². The minimum Gasteiger partial charge on any atom is -0.457 e. The number of hydrogen-bond acceptors (Lipinski definition) is 6. The molecule has 8 nitrogen and oxygen atoms in total. The van der Waals surface area contributed by atoms with Crippen molar-refractivity contribution in [3.8, 4) is 22.8 Å². The zero-order chi connectivity index (χ0) is 21.8. The summed E-state index contributed by atoms with van der Waals surface area (Å²) in [6, 6.07) is 15.9. The van der Waals surface area contributed by atoms with E-state index in [9.17, 15) is 4.79 Å². The number of aromatic nitrogens is 4. The number of nitrogens with zero attached hydrogens (tertiary/aromatic N) is 5. The van der Waals surface area contributed by atoms with Crippen molar-refractivity contribution in [1.29, 1.82) is 0 Å². The lowest BCUT2D eigenvalue weighted by molar-refractivity contribution is -0.109. The molecule has 5 rings (SSSR count). The van der Waals surface area contributed by atoms with E-state index >= 15 is 0 Å². The van der Waals surface area contributed by atoms with Crippen LogP contribution in [0, 0.1) is 0 Å². The Morgan fingerprint density at radius 3 is 2.47 bits per heavy atom. The van der Waals surface area contributed by atoms with Crippen LogP contribution in [0.2, 0.25) is 0 Å². The number of nitrogens with one attached hydrogen (secondary N) is 1. The van der Waals surface area contributed by atoms with E-state index in [-0.39, 0.29) is 0 Å². The number of benzene rings is 2. The summed E-state index contributed by atoms with van der Waals surface area (Å²) < 4.78 is 8.06. The standard InChI is InChI=1S/C24H26N6O2/c31-16-15-29-11-9-28(10-12-29)13-14-30-18-20-17-22(5-6-24(20)27-30)32-21-3-1-19(2-4-21)23-7-8-25-26-23/h1-8,16-18H,9-15H2,(H,25,26). The third kappa shape index (κ3) is 4.71. The molecular formula is C24H26N6O2. The normalized spacial score (nSPS) is 15.2. The lowest BCUT2D eigenvalue weighted by Crippen LogP contribution is -2.47. The summed E-state index contributed by atoms with van der Waals surface area (Å²) in [4.78, 5) is 15.3. The quantitative estimate of drug-likeness (QED) is 0.433. The van der Waals surface area contributed by atoms with E-state index in [4.69, 9.17) is 9.84 Å². The van der Waals surface area contributed by atoms with Crippen molar-refractivity contribution in [3.05, 3.63) is 60.9 Å². The lowest BCUT2D eigenvalue weighted by Gasteiger charge is -2.33. The molecule has 0 radical (unpaired) electrons. The minimum absolute atomic E-state index is 0.539. The van der Waals surface area contributed by atoms with Gasteiger partial charge in [-0.15, -0.1) is 0 Å². The molecule has 1 saturated heterocycles. The lowest BCUT2D eigenvalue weighted by atomic mass is 10.1.